The van der Waals surface area contributed by atoms with E-state index in [0.717, 1.165) is 36.6 Å². The van der Waals surface area contributed by atoms with Crippen molar-refractivity contribution in [3.05, 3.63) is 96.1 Å². The van der Waals surface area contributed by atoms with Crippen LogP contribution in [0.1, 0.15) is 68.6 Å². The molecule has 0 aliphatic heterocycles. The molecule has 0 spiro atoms. The summed E-state index contributed by atoms with van der Waals surface area (Å²) in [5.41, 5.74) is 3.47. The molecule has 4 aromatic rings. The molecule has 4 rings (SSSR count). The van der Waals surface area contributed by atoms with E-state index in [2.05, 4.69) is 71.7 Å². The molecule has 35 heavy (non-hydrogen) atoms. The van der Waals surface area contributed by atoms with E-state index < -0.39 is 0 Å². The molecule has 0 fully saturated rings. The number of benzene rings is 3. The third kappa shape index (κ3) is 7.89. The molecule has 0 atom stereocenters. The van der Waals surface area contributed by atoms with Gasteiger partial charge in [0.25, 0.3) is 0 Å². The average Bonchev–Trinajstić information content (AvgIpc) is 3.35. The lowest BCUT2D eigenvalue weighted by Crippen LogP contribution is -2.31. The molecule has 0 saturated carbocycles. The summed E-state index contributed by atoms with van der Waals surface area (Å²) in [6, 6.07) is 29.3. The van der Waals surface area contributed by atoms with Gasteiger partial charge in [-0.15, -0.1) is 0 Å². The number of thiazole rings is 1. The third-order valence-electron chi connectivity index (χ3n) is 6.31. The number of aromatic nitrogens is 1. The van der Waals surface area contributed by atoms with Crippen LogP contribution < -0.4 is 10.9 Å². The number of nitrogens with zero attached hydrogens (tertiary/aromatic N) is 2. The van der Waals surface area contributed by atoms with Crippen molar-refractivity contribution < 1.29 is 4.74 Å². The van der Waals surface area contributed by atoms with Crippen molar-refractivity contribution in [3.63, 3.8) is 0 Å². The predicted octanol–water partition coefficient (Wildman–Crippen LogP) is 7.90. The number of unbranched alkanes of at least 4 members (excludes halogenated alkanes) is 7. The molecular weight excluding hydrogens is 450 g/mol. The second kappa shape index (κ2) is 14.0. The van der Waals surface area contributed by atoms with E-state index >= 15 is 0 Å². The van der Waals surface area contributed by atoms with Crippen LogP contribution in [-0.4, -0.2) is 18.1 Å². The predicted molar refractivity (Wildman–Crippen MR) is 149 cm³/mol. The number of nitrogens with two attached hydrogens (primary N) is 1. The maximum absolute atomic E-state index is 6.33. The Hall–Kier alpha value is -2.73. The van der Waals surface area contributed by atoms with Gasteiger partial charge in [-0.1, -0.05) is 123 Å². The van der Waals surface area contributed by atoms with Crippen LogP contribution >= 0.6 is 11.3 Å². The molecule has 2 N–H and O–H groups in total. The zero-order chi connectivity index (χ0) is 24.1. The van der Waals surface area contributed by atoms with Crippen molar-refractivity contribution in [2.75, 3.05) is 18.2 Å². The van der Waals surface area contributed by atoms with E-state index in [9.17, 15) is 0 Å². The molecule has 5 heteroatoms. The first kappa shape index (κ1) is 25.4. The number of fused-ring (bicyclic) bond motifs is 1. The highest BCUT2D eigenvalue weighted by Gasteiger charge is 2.14. The van der Waals surface area contributed by atoms with Crippen LogP contribution in [0, 0.1) is 0 Å². The van der Waals surface area contributed by atoms with Crippen molar-refractivity contribution in [1.82, 2.24) is 4.98 Å². The van der Waals surface area contributed by atoms with E-state index in [1.807, 2.05) is 23.2 Å². The van der Waals surface area contributed by atoms with Crippen molar-refractivity contribution in [1.29, 1.82) is 0 Å². The molecular formula is C30H37N3OS. The summed E-state index contributed by atoms with van der Waals surface area (Å²) in [5.74, 6) is 6.23. The standard InChI is InChI=1S/C30H37N3OS/c31-33(30-32-27-21-13-14-22-28(27)35-30)23-15-5-3-1-2-4-6-16-24-34-29(25-17-9-7-10-18-25)26-19-11-8-12-20-26/h7-14,17-22,29H,1-6,15-16,23-24,31H2. The minimum atomic E-state index is 0.0160. The van der Waals surface area contributed by atoms with Crippen molar-refractivity contribution in [2.45, 2.75) is 57.5 Å². The maximum Gasteiger partial charge on any atom is 0.200 e. The Morgan fingerprint density at radius 3 is 1.86 bits per heavy atom. The molecule has 3 aromatic carbocycles. The van der Waals surface area contributed by atoms with Crippen LogP contribution in [0.4, 0.5) is 5.13 Å². The fraction of sp³-hybridized carbons (Fsp3) is 0.367. The van der Waals surface area contributed by atoms with E-state index in [1.165, 1.54) is 54.4 Å². The molecule has 0 amide bonds. The second-order valence-corrected chi connectivity index (χ2v) is 10.1. The monoisotopic (exact) mass is 487 g/mol. The average molecular weight is 488 g/mol. The molecule has 0 bridgehead atoms. The number of para-hydroxylation sites is 1. The Labute approximate surface area is 213 Å². The Bertz CT molecular complexity index is 1040. The van der Waals surface area contributed by atoms with Crippen molar-refractivity contribution in [2.24, 2.45) is 5.84 Å². The van der Waals surface area contributed by atoms with Crippen LogP contribution in [0.5, 0.6) is 0 Å². The summed E-state index contributed by atoms with van der Waals surface area (Å²) in [4.78, 5) is 4.63. The molecule has 1 heterocycles. The highest BCUT2D eigenvalue weighted by atomic mass is 32.1. The SMILES string of the molecule is NN(CCCCCCCCCCOC(c1ccccc1)c1ccccc1)c1nc2ccccc2s1. The molecule has 1 aromatic heterocycles. The first-order valence-electron chi connectivity index (χ1n) is 12.9. The van der Waals surface area contributed by atoms with E-state index in [-0.39, 0.29) is 6.10 Å². The van der Waals surface area contributed by atoms with Gasteiger partial charge in [0.2, 0.25) is 5.13 Å². The van der Waals surface area contributed by atoms with Crippen LogP contribution in [-0.2, 0) is 4.74 Å². The van der Waals surface area contributed by atoms with Gasteiger partial charge in [-0.05, 0) is 36.1 Å². The molecule has 0 unspecified atom stereocenters. The lowest BCUT2D eigenvalue weighted by molar-refractivity contribution is 0.0768. The fourth-order valence-electron chi connectivity index (χ4n) is 4.37. The Morgan fingerprint density at radius 2 is 1.23 bits per heavy atom. The molecule has 4 nitrogen and oxygen atoms in total. The third-order valence-corrected chi connectivity index (χ3v) is 7.38. The summed E-state index contributed by atoms with van der Waals surface area (Å²) >= 11 is 1.67. The Kier molecular flexibility index (Phi) is 10.1. The quantitative estimate of drug-likeness (QED) is 0.105. The molecule has 184 valence electrons. The van der Waals surface area contributed by atoms with Gasteiger partial charge in [0.15, 0.2) is 0 Å². The minimum Gasteiger partial charge on any atom is -0.369 e. The fourth-order valence-corrected chi connectivity index (χ4v) is 5.28. The zero-order valence-corrected chi connectivity index (χ0v) is 21.3. The van der Waals surface area contributed by atoms with Crippen molar-refractivity contribution >= 4 is 26.7 Å². The normalized spacial score (nSPS) is 11.4. The van der Waals surface area contributed by atoms with Gasteiger partial charge in [-0.25, -0.2) is 10.8 Å². The molecule has 0 saturated heterocycles. The lowest BCUT2D eigenvalue weighted by Gasteiger charge is -2.19. The first-order chi connectivity index (χ1) is 17.3. The number of hydrazine groups is 1. The summed E-state index contributed by atoms with van der Waals surface area (Å²) < 4.78 is 7.52. The first-order valence-corrected chi connectivity index (χ1v) is 13.7. The van der Waals surface area contributed by atoms with Gasteiger partial charge in [0.1, 0.15) is 6.10 Å². The summed E-state index contributed by atoms with van der Waals surface area (Å²) in [7, 11) is 0. The lowest BCUT2D eigenvalue weighted by atomic mass is 10.0. The Morgan fingerprint density at radius 1 is 0.686 bits per heavy atom. The van der Waals surface area contributed by atoms with E-state index in [1.54, 1.807) is 11.3 Å². The van der Waals surface area contributed by atoms with Gasteiger partial charge in [0.05, 0.1) is 10.2 Å². The minimum absolute atomic E-state index is 0.0160. The number of ether oxygens (including phenoxy) is 1. The van der Waals surface area contributed by atoms with Crippen LogP contribution in [0.15, 0.2) is 84.9 Å². The van der Waals surface area contributed by atoms with Gasteiger partial charge in [-0.3, -0.25) is 5.01 Å². The molecule has 0 aliphatic carbocycles. The molecule has 0 aliphatic rings. The highest BCUT2D eigenvalue weighted by molar-refractivity contribution is 7.22. The zero-order valence-electron chi connectivity index (χ0n) is 20.5. The molecule has 0 radical (unpaired) electrons. The van der Waals surface area contributed by atoms with Gasteiger partial charge >= 0.3 is 0 Å². The topological polar surface area (TPSA) is 51.4 Å². The Balaban J connectivity index is 1.05. The van der Waals surface area contributed by atoms with Crippen LogP contribution in [0.2, 0.25) is 0 Å². The van der Waals surface area contributed by atoms with Gasteiger partial charge in [-0.2, -0.15) is 0 Å². The maximum atomic E-state index is 6.33. The van der Waals surface area contributed by atoms with Gasteiger partial charge < -0.3 is 4.74 Å². The summed E-state index contributed by atoms with van der Waals surface area (Å²) in [6.45, 7) is 1.66. The number of hydrogen-bond acceptors (Lipinski definition) is 5. The smallest absolute Gasteiger partial charge is 0.200 e. The number of anilines is 1. The highest BCUT2D eigenvalue weighted by Crippen LogP contribution is 2.28. The largest absolute Gasteiger partial charge is 0.369 e. The summed E-state index contributed by atoms with van der Waals surface area (Å²) in [6.07, 6.45) is 9.83. The van der Waals surface area contributed by atoms with Crippen molar-refractivity contribution in [3.8, 4) is 0 Å². The summed E-state index contributed by atoms with van der Waals surface area (Å²) in [5, 5.41) is 2.72. The van der Waals surface area contributed by atoms with Crippen LogP contribution in [0.3, 0.4) is 0 Å². The number of rotatable bonds is 15. The van der Waals surface area contributed by atoms with E-state index in [0.29, 0.717) is 0 Å². The van der Waals surface area contributed by atoms with E-state index in [4.69, 9.17) is 10.6 Å². The van der Waals surface area contributed by atoms with Gasteiger partial charge in [0, 0.05) is 13.2 Å². The second-order valence-electron chi connectivity index (χ2n) is 9.06. The van der Waals surface area contributed by atoms with Crippen LogP contribution in [0.25, 0.3) is 10.2 Å². The number of hydrogen-bond donors (Lipinski definition) is 1.